The molecule has 0 heterocycles. The third-order valence-corrected chi connectivity index (χ3v) is 5.30. The SMILES string of the molecule is CC(C)C(NC(=O)c1ccccc1Cl)C(=O)N(C)CC1CCCCC1. The molecule has 0 saturated heterocycles. The summed E-state index contributed by atoms with van der Waals surface area (Å²) in [6, 6.07) is 6.35. The Balaban J connectivity index is 2.02. The number of amides is 2. The molecular weight excluding hydrogens is 336 g/mol. The van der Waals surface area contributed by atoms with Gasteiger partial charge in [-0.25, -0.2) is 0 Å². The molecule has 0 aromatic heterocycles. The van der Waals surface area contributed by atoms with Gasteiger partial charge in [-0.1, -0.05) is 56.8 Å². The second-order valence-electron chi connectivity index (χ2n) is 7.40. The monoisotopic (exact) mass is 364 g/mol. The number of hydrogen-bond acceptors (Lipinski definition) is 2. The molecule has 1 saturated carbocycles. The Morgan fingerprint density at radius 3 is 2.44 bits per heavy atom. The van der Waals surface area contributed by atoms with Crippen LogP contribution in [0.2, 0.25) is 5.02 Å². The topological polar surface area (TPSA) is 49.4 Å². The van der Waals surface area contributed by atoms with Crippen LogP contribution >= 0.6 is 11.6 Å². The molecule has 1 aliphatic carbocycles. The zero-order valence-corrected chi connectivity index (χ0v) is 16.2. The second kappa shape index (κ2) is 9.23. The van der Waals surface area contributed by atoms with E-state index in [2.05, 4.69) is 5.32 Å². The van der Waals surface area contributed by atoms with Crippen molar-refractivity contribution in [3.63, 3.8) is 0 Å². The van der Waals surface area contributed by atoms with Crippen LogP contribution in [0, 0.1) is 11.8 Å². The fourth-order valence-electron chi connectivity index (χ4n) is 3.46. The molecule has 0 radical (unpaired) electrons. The minimum absolute atomic E-state index is 0.00717. The molecule has 2 amide bonds. The number of carbonyl (C=O) groups is 2. The summed E-state index contributed by atoms with van der Waals surface area (Å²) in [6.07, 6.45) is 6.19. The summed E-state index contributed by atoms with van der Waals surface area (Å²) < 4.78 is 0. The molecule has 1 aliphatic rings. The Hall–Kier alpha value is -1.55. The molecule has 1 atom stereocenters. The zero-order chi connectivity index (χ0) is 18.4. The third-order valence-electron chi connectivity index (χ3n) is 4.97. The standard InChI is InChI=1S/C20H29ClN2O2/c1-14(2)18(22-19(24)16-11-7-8-12-17(16)21)20(25)23(3)13-15-9-5-4-6-10-15/h7-8,11-12,14-15,18H,4-6,9-10,13H2,1-3H3,(H,22,24). The molecule has 5 heteroatoms. The van der Waals surface area contributed by atoms with Crippen molar-refractivity contribution in [3.8, 4) is 0 Å². The molecule has 1 unspecified atom stereocenters. The summed E-state index contributed by atoms with van der Waals surface area (Å²) >= 11 is 6.10. The molecule has 1 aromatic rings. The van der Waals surface area contributed by atoms with Crippen molar-refractivity contribution in [1.82, 2.24) is 10.2 Å². The number of nitrogens with zero attached hydrogens (tertiary/aromatic N) is 1. The number of likely N-dealkylation sites (N-methyl/N-ethyl adjacent to an activating group) is 1. The van der Waals surface area contributed by atoms with E-state index in [-0.39, 0.29) is 17.7 Å². The summed E-state index contributed by atoms with van der Waals surface area (Å²) in [5.74, 6) is 0.257. The van der Waals surface area contributed by atoms with Gasteiger partial charge in [0.15, 0.2) is 0 Å². The van der Waals surface area contributed by atoms with Crippen LogP contribution in [0.1, 0.15) is 56.3 Å². The van der Waals surface area contributed by atoms with Crippen LogP contribution in [0.3, 0.4) is 0 Å². The smallest absolute Gasteiger partial charge is 0.253 e. The highest BCUT2D eigenvalue weighted by molar-refractivity contribution is 6.33. The highest BCUT2D eigenvalue weighted by Crippen LogP contribution is 2.24. The lowest BCUT2D eigenvalue weighted by Gasteiger charge is -2.31. The van der Waals surface area contributed by atoms with Crippen molar-refractivity contribution in [2.45, 2.75) is 52.0 Å². The predicted molar refractivity (Wildman–Crippen MR) is 102 cm³/mol. The molecular formula is C20H29ClN2O2. The quantitative estimate of drug-likeness (QED) is 0.824. The molecule has 0 aliphatic heterocycles. The molecule has 1 aromatic carbocycles. The van der Waals surface area contributed by atoms with E-state index in [1.54, 1.807) is 29.2 Å². The zero-order valence-electron chi connectivity index (χ0n) is 15.4. The van der Waals surface area contributed by atoms with E-state index in [1.165, 1.54) is 32.1 Å². The summed E-state index contributed by atoms with van der Waals surface area (Å²) in [4.78, 5) is 27.2. The van der Waals surface area contributed by atoms with Gasteiger partial charge in [0, 0.05) is 13.6 Å². The molecule has 1 N–H and O–H groups in total. The molecule has 2 rings (SSSR count). The van der Waals surface area contributed by atoms with Crippen molar-refractivity contribution in [2.24, 2.45) is 11.8 Å². The molecule has 25 heavy (non-hydrogen) atoms. The molecule has 0 spiro atoms. The lowest BCUT2D eigenvalue weighted by atomic mass is 9.89. The summed E-state index contributed by atoms with van der Waals surface area (Å²) in [7, 11) is 1.84. The lowest BCUT2D eigenvalue weighted by molar-refractivity contribution is -0.133. The normalized spacial score (nSPS) is 16.5. The van der Waals surface area contributed by atoms with E-state index in [4.69, 9.17) is 11.6 Å². The van der Waals surface area contributed by atoms with Crippen LogP contribution in [-0.2, 0) is 4.79 Å². The van der Waals surface area contributed by atoms with Gasteiger partial charge in [-0.3, -0.25) is 9.59 Å². The van der Waals surface area contributed by atoms with Crippen LogP contribution in [-0.4, -0.2) is 36.3 Å². The second-order valence-corrected chi connectivity index (χ2v) is 7.80. The number of rotatable bonds is 6. The van der Waals surface area contributed by atoms with Gasteiger partial charge in [0.1, 0.15) is 6.04 Å². The maximum absolute atomic E-state index is 12.9. The summed E-state index contributed by atoms with van der Waals surface area (Å²) in [6.45, 7) is 4.66. The Kier molecular flexibility index (Phi) is 7.30. The fraction of sp³-hybridized carbons (Fsp3) is 0.600. The molecule has 4 nitrogen and oxygen atoms in total. The fourth-order valence-corrected chi connectivity index (χ4v) is 3.68. The van der Waals surface area contributed by atoms with Gasteiger partial charge in [-0.15, -0.1) is 0 Å². The Morgan fingerprint density at radius 2 is 1.84 bits per heavy atom. The van der Waals surface area contributed by atoms with Crippen molar-refractivity contribution in [3.05, 3.63) is 34.9 Å². The van der Waals surface area contributed by atoms with Crippen LogP contribution in [0.4, 0.5) is 0 Å². The Labute approximate surface area is 155 Å². The first kappa shape index (κ1) is 19.8. The molecule has 1 fully saturated rings. The average molecular weight is 365 g/mol. The Morgan fingerprint density at radius 1 is 1.20 bits per heavy atom. The first-order valence-electron chi connectivity index (χ1n) is 9.20. The predicted octanol–water partition coefficient (Wildman–Crippen LogP) is 4.13. The van der Waals surface area contributed by atoms with Crippen LogP contribution in [0.25, 0.3) is 0 Å². The highest BCUT2D eigenvalue weighted by Gasteiger charge is 2.29. The van der Waals surface area contributed by atoms with E-state index in [1.807, 2.05) is 20.9 Å². The van der Waals surface area contributed by atoms with Crippen LogP contribution < -0.4 is 5.32 Å². The van der Waals surface area contributed by atoms with Crippen LogP contribution in [0.5, 0.6) is 0 Å². The van der Waals surface area contributed by atoms with E-state index < -0.39 is 6.04 Å². The minimum Gasteiger partial charge on any atom is -0.344 e. The first-order chi connectivity index (χ1) is 11.9. The van der Waals surface area contributed by atoms with Crippen LogP contribution in [0.15, 0.2) is 24.3 Å². The van der Waals surface area contributed by atoms with E-state index in [0.717, 1.165) is 6.54 Å². The van der Waals surface area contributed by atoms with Gasteiger partial charge >= 0.3 is 0 Å². The van der Waals surface area contributed by atoms with Crippen molar-refractivity contribution < 1.29 is 9.59 Å². The largest absolute Gasteiger partial charge is 0.344 e. The van der Waals surface area contributed by atoms with Gasteiger partial charge in [-0.2, -0.15) is 0 Å². The van der Waals surface area contributed by atoms with Gasteiger partial charge in [0.2, 0.25) is 5.91 Å². The number of benzene rings is 1. The maximum Gasteiger partial charge on any atom is 0.253 e. The molecule has 0 bridgehead atoms. The van der Waals surface area contributed by atoms with Crippen molar-refractivity contribution in [1.29, 1.82) is 0 Å². The Bertz CT molecular complexity index is 597. The third kappa shape index (κ3) is 5.46. The van der Waals surface area contributed by atoms with E-state index in [9.17, 15) is 9.59 Å². The number of nitrogens with one attached hydrogen (secondary N) is 1. The van der Waals surface area contributed by atoms with Crippen molar-refractivity contribution >= 4 is 23.4 Å². The number of hydrogen-bond donors (Lipinski definition) is 1. The highest BCUT2D eigenvalue weighted by atomic mass is 35.5. The van der Waals surface area contributed by atoms with Gasteiger partial charge in [0.05, 0.1) is 10.6 Å². The van der Waals surface area contributed by atoms with Gasteiger partial charge in [0.25, 0.3) is 5.91 Å². The van der Waals surface area contributed by atoms with Gasteiger partial charge in [-0.05, 0) is 36.8 Å². The first-order valence-corrected chi connectivity index (χ1v) is 9.58. The minimum atomic E-state index is -0.544. The summed E-state index contributed by atoms with van der Waals surface area (Å²) in [5, 5.41) is 3.27. The lowest BCUT2D eigenvalue weighted by Crippen LogP contribution is -2.51. The maximum atomic E-state index is 12.9. The number of carbonyl (C=O) groups excluding carboxylic acids is 2. The summed E-state index contributed by atoms with van der Waals surface area (Å²) in [5.41, 5.74) is 0.401. The average Bonchev–Trinajstić information content (AvgIpc) is 2.59. The number of halogens is 1. The van der Waals surface area contributed by atoms with Gasteiger partial charge < -0.3 is 10.2 Å². The van der Waals surface area contributed by atoms with E-state index in [0.29, 0.717) is 16.5 Å². The molecule has 138 valence electrons. The van der Waals surface area contributed by atoms with Crippen molar-refractivity contribution in [2.75, 3.05) is 13.6 Å². The van der Waals surface area contributed by atoms with E-state index >= 15 is 0 Å².